The van der Waals surface area contributed by atoms with Gasteiger partial charge in [-0.25, -0.2) is 4.98 Å². The second-order valence-corrected chi connectivity index (χ2v) is 9.03. The molecule has 10 nitrogen and oxygen atoms in total. The smallest absolute Gasteiger partial charge is 0.310 e. The second-order valence-electron chi connectivity index (χ2n) is 9.03. The van der Waals surface area contributed by atoms with Crippen molar-refractivity contribution in [3.63, 3.8) is 0 Å². The Morgan fingerprint density at radius 3 is 2.58 bits per heavy atom. The van der Waals surface area contributed by atoms with Crippen molar-refractivity contribution >= 4 is 29.5 Å². The van der Waals surface area contributed by atoms with Crippen LogP contribution in [0.4, 0.5) is 5.69 Å². The van der Waals surface area contributed by atoms with Crippen LogP contribution in [0.1, 0.15) is 35.8 Å². The monoisotopic (exact) mass is 514 g/mol. The molecular weight excluding hydrogens is 488 g/mol. The van der Waals surface area contributed by atoms with Gasteiger partial charge in [0.25, 0.3) is 5.56 Å². The zero-order chi connectivity index (χ0) is 26.5. The van der Waals surface area contributed by atoms with Gasteiger partial charge < -0.3 is 20.1 Å². The first-order valence-electron chi connectivity index (χ1n) is 12.3. The van der Waals surface area contributed by atoms with Crippen LogP contribution in [-0.2, 0) is 36.9 Å². The first kappa shape index (κ1) is 25.1. The lowest BCUT2D eigenvalue weighted by Gasteiger charge is -2.22. The topological polar surface area (TPSA) is 129 Å². The van der Waals surface area contributed by atoms with Crippen molar-refractivity contribution in [1.82, 2.24) is 14.9 Å². The molecule has 0 bridgehead atoms. The van der Waals surface area contributed by atoms with Crippen LogP contribution >= 0.6 is 0 Å². The summed E-state index contributed by atoms with van der Waals surface area (Å²) in [6.45, 7) is 0.211. The Balaban J connectivity index is 1.25. The third-order valence-corrected chi connectivity index (χ3v) is 6.36. The summed E-state index contributed by atoms with van der Waals surface area (Å²) >= 11 is 0. The molecule has 5 rings (SSSR count). The number of nitrogens with one attached hydrogen (secondary N) is 2. The number of nitrogens with zero attached hydrogens (tertiary/aromatic N) is 2. The van der Waals surface area contributed by atoms with Gasteiger partial charge in [0.1, 0.15) is 23.6 Å². The molecule has 1 fully saturated rings. The molecular formula is C28H26N4O6. The van der Waals surface area contributed by atoms with Crippen molar-refractivity contribution in [2.45, 2.75) is 44.2 Å². The summed E-state index contributed by atoms with van der Waals surface area (Å²) in [6, 6.07) is 17.1. The van der Waals surface area contributed by atoms with Crippen LogP contribution in [0.2, 0.25) is 0 Å². The third-order valence-electron chi connectivity index (χ3n) is 6.36. The van der Waals surface area contributed by atoms with E-state index in [2.05, 4.69) is 15.6 Å². The van der Waals surface area contributed by atoms with E-state index in [4.69, 9.17) is 9.47 Å². The van der Waals surface area contributed by atoms with Crippen molar-refractivity contribution in [2.24, 2.45) is 0 Å². The summed E-state index contributed by atoms with van der Waals surface area (Å²) in [5.74, 6) is -0.972. The Kier molecular flexibility index (Phi) is 7.41. The highest BCUT2D eigenvalue weighted by Crippen LogP contribution is 2.25. The number of amides is 2. The highest BCUT2D eigenvalue weighted by molar-refractivity contribution is 6.01. The molecule has 3 atom stereocenters. The lowest BCUT2D eigenvalue weighted by atomic mass is 10.1. The highest BCUT2D eigenvalue weighted by atomic mass is 16.7. The summed E-state index contributed by atoms with van der Waals surface area (Å²) < 4.78 is 12.3. The first-order chi connectivity index (χ1) is 18.5. The minimum Gasteiger partial charge on any atom is -0.433 e. The van der Waals surface area contributed by atoms with E-state index in [-0.39, 0.29) is 18.7 Å². The van der Waals surface area contributed by atoms with E-state index in [1.165, 1.54) is 16.8 Å². The van der Waals surface area contributed by atoms with Crippen LogP contribution < -0.4 is 16.2 Å². The Labute approximate surface area is 218 Å². The van der Waals surface area contributed by atoms with Gasteiger partial charge in [0.15, 0.2) is 0 Å². The molecule has 2 aliphatic rings. The maximum absolute atomic E-state index is 13.2. The minimum atomic E-state index is -0.940. The number of carbonyl (C=O) groups excluding carboxylic acids is 3. The van der Waals surface area contributed by atoms with E-state index in [0.29, 0.717) is 18.7 Å². The molecule has 1 aromatic heterocycles. The number of ether oxygens (including phenoxy) is 2. The van der Waals surface area contributed by atoms with Gasteiger partial charge in [-0.15, -0.1) is 0 Å². The Bertz CT molecular complexity index is 1420. The number of hydrogen-bond acceptors (Lipinski definition) is 7. The molecule has 2 aliphatic heterocycles. The summed E-state index contributed by atoms with van der Waals surface area (Å²) in [6.07, 6.45) is 4.06. The number of fused-ring (bicyclic) bond motifs is 1. The van der Waals surface area contributed by atoms with E-state index in [0.717, 1.165) is 11.1 Å². The maximum atomic E-state index is 13.2. The van der Waals surface area contributed by atoms with Crippen molar-refractivity contribution in [3.05, 3.63) is 100 Å². The van der Waals surface area contributed by atoms with Gasteiger partial charge in [-0.05, 0) is 23.6 Å². The fourth-order valence-corrected chi connectivity index (χ4v) is 4.49. The van der Waals surface area contributed by atoms with Gasteiger partial charge >= 0.3 is 5.97 Å². The Morgan fingerprint density at radius 2 is 1.82 bits per heavy atom. The van der Waals surface area contributed by atoms with Crippen molar-refractivity contribution in [2.75, 3.05) is 5.32 Å². The second kappa shape index (κ2) is 11.2. The molecule has 3 aromatic rings. The van der Waals surface area contributed by atoms with Crippen LogP contribution in [0.25, 0.3) is 6.08 Å². The largest absolute Gasteiger partial charge is 0.433 e. The highest BCUT2D eigenvalue weighted by Gasteiger charge is 2.39. The molecule has 2 unspecified atom stereocenters. The summed E-state index contributed by atoms with van der Waals surface area (Å²) in [5, 5.41) is 5.36. The number of esters is 1. The summed E-state index contributed by atoms with van der Waals surface area (Å²) in [7, 11) is 0. The van der Waals surface area contributed by atoms with Gasteiger partial charge in [0.05, 0.1) is 19.2 Å². The molecule has 10 heteroatoms. The number of cyclic esters (lactones) is 1. The summed E-state index contributed by atoms with van der Waals surface area (Å²) in [4.78, 5) is 55.1. The number of hydrogen-bond donors (Lipinski definition) is 2. The van der Waals surface area contributed by atoms with Crippen LogP contribution in [0.5, 0.6) is 0 Å². The normalized spacial score (nSPS) is 20.2. The molecule has 38 heavy (non-hydrogen) atoms. The number of anilines is 1. The molecule has 194 valence electrons. The zero-order valence-corrected chi connectivity index (χ0v) is 20.4. The number of aryl methyl sites for hydroxylation is 1. The average molecular weight is 515 g/mol. The van der Waals surface area contributed by atoms with E-state index < -0.39 is 41.7 Å². The SMILES string of the molecule is O=C(/C=C/c1ccccc1)Nc1cnc2n(c1=O)[C@H](C(=O)NC1CC(=O)OC1OCc1ccccc1)CC2. The van der Waals surface area contributed by atoms with Gasteiger partial charge in [-0.2, -0.15) is 0 Å². The molecule has 2 N–H and O–H groups in total. The third kappa shape index (κ3) is 5.70. The average Bonchev–Trinajstić information content (AvgIpc) is 3.52. The van der Waals surface area contributed by atoms with Gasteiger partial charge in [-0.1, -0.05) is 60.7 Å². The van der Waals surface area contributed by atoms with Crippen LogP contribution in [0, 0.1) is 0 Å². The summed E-state index contributed by atoms with van der Waals surface area (Å²) in [5.41, 5.74) is 1.18. The fourth-order valence-electron chi connectivity index (χ4n) is 4.49. The van der Waals surface area contributed by atoms with Crippen molar-refractivity contribution in [3.8, 4) is 0 Å². The van der Waals surface area contributed by atoms with Gasteiger partial charge in [0.2, 0.25) is 18.1 Å². The minimum absolute atomic E-state index is 0.0281. The van der Waals surface area contributed by atoms with Gasteiger partial charge in [-0.3, -0.25) is 23.7 Å². The van der Waals surface area contributed by atoms with Crippen molar-refractivity contribution < 1.29 is 23.9 Å². The molecule has 0 saturated carbocycles. The Morgan fingerprint density at radius 1 is 1.08 bits per heavy atom. The predicted molar refractivity (Wildman–Crippen MR) is 138 cm³/mol. The molecule has 1 saturated heterocycles. The van der Waals surface area contributed by atoms with Gasteiger partial charge in [0, 0.05) is 12.5 Å². The van der Waals surface area contributed by atoms with E-state index in [9.17, 15) is 19.2 Å². The fraction of sp³-hybridized carbons (Fsp3) is 0.250. The first-order valence-corrected chi connectivity index (χ1v) is 12.3. The molecule has 0 aliphatic carbocycles. The number of carbonyl (C=O) groups is 3. The van der Waals surface area contributed by atoms with Crippen molar-refractivity contribution in [1.29, 1.82) is 0 Å². The molecule has 2 amide bonds. The standard InChI is InChI=1S/C28H26N4O6/c33-24(14-11-18-7-3-1-4-8-18)30-21-16-29-23-13-12-22(32(23)27(21)36)26(35)31-20-15-25(34)38-28(20)37-17-19-9-5-2-6-10-19/h1-11,14,16,20,22,28H,12-13,15,17H2,(H,30,33)(H,31,35)/b14-11+/t20?,22-,28?/m0/s1. The lowest BCUT2D eigenvalue weighted by molar-refractivity contribution is -0.168. The van der Waals surface area contributed by atoms with Crippen LogP contribution in [0.15, 0.2) is 77.7 Å². The molecule has 0 spiro atoms. The van der Waals surface area contributed by atoms with E-state index in [1.54, 1.807) is 6.08 Å². The predicted octanol–water partition coefficient (Wildman–Crippen LogP) is 2.36. The number of rotatable bonds is 8. The molecule has 2 aromatic carbocycles. The number of benzene rings is 2. The zero-order valence-electron chi connectivity index (χ0n) is 20.4. The molecule has 3 heterocycles. The van der Waals surface area contributed by atoms with Crippen LogP contribution in [0.3, 0.4) is 0 Å². The quantitative estimate of drug-likeness (QED) is 0.349. The number of aromatic nitrogens is 2. The van der Waals surface area contributed by atoms with E-state index in [1.807, 2.05) is 60.7 Å². The van der Waals surface area contributed by atoms with E-state index >= 15 is 0 Å². The Hall–Kier alpha value is -4.57. The molecule has 0 radical (unpaired) electrons. The van der Waals surface area contributed by atoms with Crippen LogP contribution in [-0.4, -0.2) is 39.7 Å². The maximum Gasteiger partial charge on any atom is 0.310 e. The lowest BCUT2D eigenvalue weighted by Crippen LogP contribution is -2.45.